The Bertz CT molecular complexity index is 513. The zero-order chi connectivity index (χ0) is 15.9. The van der Waals surface area contributed by atoms with Crippen LogP contribution >= 0.6 is 0 Å². The molecule has 4 nitrogen and oxygen atoms in total. The molecule has 0 aliphatic rings. The van der Waals surface area contributed by atoms with E-state index >= 15 is 0 Å². The van der Waals surface area contributed by atoms with Gasteiger partial charge in [0.1, 0.15) is 0 Å². The molecule has 1 aromatic heterocycles. The van der Waals surface area contributed by atoms with E-state index in [9.17, 15) is 18.0 Å². The predicted octanol–water partition coefficient (Wildman–Crippen LogP) is 3.28. The van der Waals surface area contributed by atoms with Gasteiger partial charge in [-0.25, -0.2) is 4.98 Å². The van der Waals surface area contributed by atoms with Crippen LogP contribution in [0.2, 0.25) is 0 Å². The topological polar surface area (TPSA) is 51.2 Å². The molecule has 7 heteroatoms. The molecule has 1 heterocycles. The van der Waals surface area contributed by atoms with Crippen LogP contribution in [0.5, 0.6) is 5.88 Å². The third-order valence-corrected chi connectivity index (χ3v) is 2.64. The first kappa shape index (κ1) is 17.0. The fourth-order valence-corrected chi connectivity index (χ4v) is 1.59. The van der Waals surface area contributed by atoms with E-state index < -0.39 is 12.0 Å². The number of hydrogen-bond acceptors (Lipinski definition) is 4. The summed E-state index contributed by atoms with van der Waals surface area (Å²) in [7, 11) is 1.52. The summed E-state index contributed by atoms with van der Waals surface area (Å²) in [6.45, 7) is 2.28. The molecule has 0 aliphatic heterocycles. The molecule has 0 spiro atoms. The number of halogens is 3. The number of carbonyl (C=O) groups is 1. The standard InChI is InChI=1S/C14H17F3N2O2/c1-10-12(5-6-13(19-10)21-2)18-9-3-4-11(20)7-8-14(15,16)17/h5-8,18H,3-4,9H2,1-2H3/b8-7+. The zero-order valence-electron chi connectivity index (χ0n) is 11.8. The average molecular weight is 302 g/mol. The molecule has 1 aromatic rings. The summed E-state index contributed by atoms with van der Waals surface area (Å²) in [6.07, 6.45) is -3.42. The predicted molar refractivity (Wildman–Crippen MR) is 73.5 cm³/mol. The second-order valence-corrected chi connectivity index (χ2v) is 4.36. The number of aryl methyl sites for hydroxylation is 1. The molecule has 0 atom stereocenters. The van der Waals surface area contributed by atoms with Gasteiger partial charge >= 0.3 is 6.18 Å². The highest BCUT2D eigenvalue weighted by molar-refractivity contribution is 5.89. The Balaban J connectivity index is 2.34. The van der Waals surface area contributed by atoms with E-state index in [1.54, 1.807) is 12.1 Å². The number of nitrogens with zero attached hydrogens (tertiary/aromatic N) is 1. The van der Waals surface area contributed by atoms with Crippen LogP contribution in [0.15, 0.2) is 24.3 Å². The number of carbonyl (C=O) groups excluding carboxylic acids is 1. The molecule has 116 valence electrons. The second-order valence-electron chi connectivity index (χ2n) is 4.36. The molecule has 0 saturated carbocycles. The van der Waals surface area contributed by atoms with Crippen molar-refractivity contribution in [3.63, 3.8) is 0 Å². The number of ether oxygens (including phenoxy) is 1. The number of nitrogens with one attached hydrogen (secondary N) is 1. The molecule has 0 radical (unpaired) electrons. The van der Waals surface area contributed by atoms with Gasteiger partial charge in [-0.05, 0) is 25.5 Å². The summed E-state index contributed by atoms with van der Waals surface area (Å²) in [5.74, 6) is -0.0378. The van der Waals surface area contributed by atoms with Crippen molar-refractivity contribution in [2.75, 3.05) is 19.0 Å². The minimum Gasteiger partial charge on any atom is -0.481 e. The van der Waals surface area contributed by atoms with Crippen molar-refractivity contribution in [1.82, 2.24) is 4.98 Å². The minimum absolute atomic E-state index is 0.0414. The number of anilines is 1. The lowest BCUT2D eigenvalue weighted by Gasteiger charge is -2.09. The highest BCUT2D eigenvalue weighted by atomic mass is 19.4. The van der Waals surface area contributed by atoms with Gasteiger partial charge in [0.15, 0.2) is 5.78 Å². The van der Waals surface area contributed by atoms with E-state index in [4.69, 9.17) is 4.74 Å². The van der Waals surface area contributed by atoms with Crippen LogP contribution in [0.1, 0.15) is 18.5 Å². The fraction of sp³-hybridized carbons (Fsp3) is 0.429. The Kier molecular flexibility index (Phi) is 6.20. The number of allylic oxidation sites excluding steroid dienone is 2. The van der Waals surface area contributed by atoms with Crippen molar-refractivity contribution >= 4 is 11.5 Å². The molecule has 0 fully saturated rings. The van der Waals surface area contributed by atoms with Gasteiger partial charge in [-0.2, -0.15) is 13.2 Å². The third-order valence-electron chi connectivity index (χ3n) is 2.64. The SMILES string of the molecule is COc1ccc(NCCCC(=O)/C=C/C(F)(F)F)c(C)n1. The van der Waals surface area contributed by atoms with Gasteiger partial charge in [0.05, 0.1) is 18.5 Å². The van der Waals surface area contributed by atoms with Gasteiger partial charge in [-0.3, -0.25) is 4.79 Å². The van der Waals surface area contributed by atoms with E-state index in [0.29, 0.717) is 24.9 Å². The van der Waals surface area contributed by atoms with Crippen LogP contribution in [0.3, 0.4) is 0 Å². The minimum atomic E-state index is -4.44. The Hall–Kier alpha value is -2.05. The van der Waals surface area contributed by atoms with E-state index in [-0.39, 0.29) is 12.5 Å². The van der Waals surface area contributed by atoms with Gasteiger partial charge in [0.2, 0.25) is 5.88 Å². The zero-order valence-corrected chi connectivity index (χ0v) is 11.8. The summed E-state index contributed by atoms with van der Waals surface area (Å²) >= 11 is 0. The summed E-state index contributed by atoms with van der Waals surface area (Å²) in [6, 6.07) is 3.50. The monoisotopic (exact) mass is 302 g/mol. The van der Waals surface area contributed by atoms with Gasteiger partial charge < -0.3 is 10.1 Å². The molecular formula is C14H17F3N2O2. The third kappa shape index (κ3) is 6.78. The lowest BCUT2D eigenvalue weighted by Crippen LogP contribution is -2.07. The number of methoxy groups -OCH3 is 1. The molecule has 0 unspecified atom stereocenters. The normalized spacial score (nSPS) is 11.7. The second kappa shape index (κ2) is 7.66. The largest absolute Gasteiger partial charge is 0.481 e. The Labute approximate surface area is 121 Å². The van der Waals surface area contributed by atoms with Crippen LogP contribution in [-0.2, 0) is 4.79 Å². The molecule has 0 amide bonds. The van der Waals surface area contributed by atoms with Crippen molar-refractivity contribution < 1.29 is 22.7 Å². The van der Waals surface area contributed by atoms with Crippen LogP contribution in [0.4, 0.5) is 18.9 Å². The summed E-state index contributed by atoms with van der Waals surface area (Å²) < 4.78 is 40.6. The Morgan fingerprint density at radius 1 is 1.43 bits per heavy atom. The summed E-state index contributed by atoms with van der Waals surface area (Å²) in [5.41, 5.74) is 1.55. The van der Waals surface area contributed by atoms with E-state index in [1.165, 1.54) is 7.11 Å². The van der Waals surface area contributed by atoms with Crippen LogP contribution in [0, 0.1) is 6.92 Å². The molecule has 0 aromatic carbocycles. The Morgan fingerprint density at radius 2 is 2.14 bits per heavy atom. The number of pyridine rings is 1. The van der Waals surface area contributed by atoms with Crippen LogP contribution < -0.4 is 10.1 Å². The average Bonchev–Trinajstić information content (AvgIpc) is 2.41. The number of rotatable bonds is 7. The molecule has 1 rings (SSSR count). The number of ketones is 1. The molecule has 0 bridgehead atoms. The van der Waals surface area contributed by atoms with Crippen molar-refractivity contribution in [2.24, 2.45) is 0 Å². The van der Waals surface area contributed by atoms with Gasteiger partial charge in [0.25, 0.3) is 0 Å². The van der Waals surface area contributed by atoms with E-state index in [2.05, 4.69) is 10.3 Å². The fourth-order valence-electron chi connectivity index (χ4n) is 1.59. The summed E-state index contributed by atoms with van der Waals surface area (Å²) in [4.78, 5) is 15.4. The Morgan fingerprint density at radius 3 is 2.71 bits per heavy atom. The first-order valence-corrected chi connectivity index (χ1v) is 6.36. The molecular weight excluding hydrogens is 285 g/mol. The quantitative estimate of drug-likeness (QED) is 0.620. The lowest BCUT2D eigenvalue weighted by molar-refractivity contribution is -0.115. The van der Waals surface area contributed by atoms with Crippen molar-refractivity contribution in [3.05, 3.63) is 30.0 Å². The molecule has 0 aliphatic carbocycles. The van der Waals surface area contributed by atoms with Crippen LogP contribution in [-0.4, -0.2) is 30.6 Å². The first-order chi connectivity index (χ1) is 9.81. The maximum absolute atomic E-state index is 11.9. The maximum atomic E-state index is 11.9. The van der Waals surface area contributed by atoms with E-state index in [0.717, 1.165) is 11.4 Å². The highest BCUT2D eigenvalue weighted by Gasteiger charge is 2.22. The van der Waals surface area contributed by atoms with Gasteiger partial charge in [0, 0.05) is 25.1 Å². The van der Waals surface area contributed by atoms with Gasteiger partial charge in [-0.1, -0.05) is 0 Å². The lowest BCUT2D eigenvalue weighted by atomic mass is 10.2. The summed E-state index contributed by atoms with van der Waals surface area (Å²) in [5, 5.41) is 3.08. The number of aromatic nitrogens is 1. The molecule has 1 N–H and O–H groups in total. The van der Waals surface area contributed by atoms with Crippen molar-refractivity contribution in [1.29, 1.82) is 0 Å². The molecule has 21 heavy (non-hydrogen) atoms. The first-order valence-electron chi connectivity index (χ1n) is 6.36. The van der Waals surface area contributed by atoms with Crippen molar-refractivity contribution in [2.45, 2.75) is 25.9 Å². The smallest absolute Gasteiger partial charge is 0.409 e. The number of hydrogen-bond donors (Lipinski definition) is 1. The number of alkyl halides is 3. The van der Waals surface area contributed by atoms with Crippen molar-refractivity contribution in [3.8, 4) is 5.88 Å². The van der Waals surface area contributed by atoms with Gasteiger partial charge in [-0.15, -0.1) is 0 Å². The van der Waals surface area contributed by atoms with E-state index in [1.807, 2.05) is 6.92 Å². The highest BCUT2D eigenvalue weighted by Crippen LogP contribution is 2.17. The maximum Gasteiger partial charge on any atom is 0.409 e. The molecule has 0 saturated heterocycles. The van der Waals surface area contributed by atoms with Crippen LogP contribution in [0.25, 0.3) is 0 Å².